The summed E-state index contributed by atoms with van der Waals surface area (Å²) in [5.74, 6) is 4.05. The number of hydrogen-bond acceptors (Lipinski definition) is 9. The van der Waals surface area contributed by atoms with Gasteiger partial charge in [0.05, 0.1) is 33.0 Å². The van der Waals surface area contributed by atoms with E-state index in [2.05, 4.69) is 80.7 Å². The van der Waals surface area contributed by atoms with Crippen LogP contribution in [0.15, 0.2) is 122 Å². The molecule has 0 aromatic heterocycles. The largest absolute Gasteiger partial charge is 0.493 e. The second kappa shape index (κ2) is 22.5. The number of epoxide rings is 1. The predicted molar refractivity (Wildman–Crippen MR) is 226 cm³/mol. The number of aliphatic hydroxyl groups excluding tert-OH is 2. The van der Waals surface area contributed by atoms with E-state index < -0.39 is 12.2 Å². The molecule has 2 fully saturated rings. The number of benzene rings is 4. The molecule has 7 unspecified atom stereocenters. The smallest absolute Gasteiger partial charge is 0.119 e. The van der Waals surface area contributed by atoms with E-state index in [1.165, 1.54) is 12.8 Å². The van der Waals surface area contributed by atoms with E-state index in [0.717, 1.165) is 59.8 Å². The minimum Gasteiger partial charge on any atom is -0.493 e. The summed E-state index contributed by atoms with van der Waals surface area (Å²) in [5.41, 5.74) is 4.42. The van der Waals surface area contributed by atoms with E-state index in [1.54, 1.807) is 6.08 Å². The van der Waals surface area contributed by atoms with Crippen molar-refractivity contribution in [3.8, 4) is 23.0 Å². The molecule has 1 aliphatic carbocycles. The molecule has 0 bridgehead atoms. The van der Waals surface area contributed by atoms with E-state index in [4.69, 9.17) is 33.2 Å². The Kier molecular flexibility index (Phi) is 16.7. The number of aliphatic hydroxyl groups is 2. The maximum atomic E-state index is 10.5. The number of ether oxygens (including phenoxy) is 7. The molecular weight excluding hydrogens is 733 g/mol. The summed E-state index contributed by atoms with van der Waals surface area (Å²) in [6.07, 6.45) is 6.43. The van der Waals surface area contributed by atoms with Gasteiger partial charge in [0.25, 0.3) is 0 Å². The van der Waals surface area contributed by atoms with Crippen molar-refractivity contribution in [3.63, 3.8) is 0 Å². The van der Waals surface area contributed by atoms with Crippen LogP contribution in [0.4, 0.5) is 0 Å². The first-order valence-corrected chi connectivity index (χ1v) is 20.7. The van der Waals surface area contributed by atoms with Crippen LogP contribution in [0.2, 0.25) is 0 Å². The Morgan fingerprint density at radius 2 is 1.05 bits per heavy atom. The molecule has 2 aliphatic rings. The van der Waals surface area contributed by atoms with E-state index >= 15 is 0 Å². The van der Waals surface area contributed by atoms with Gasteiger partial charge in [-0.05, 0) is 108 Å². The van der Waals surface area contributed by atoms with Gasteiger partial charge in [0.2, 0.25) is 0 Å². The highest BCUT2D eigenvalue weighted by Gasteiger charge is 2.30. The normalized spacial score (nSPS) is 19.2. The molecule has 6 rings (SSSR count). The maximum absolute atomic E-state index is 10.5. The number of unbranched alkanes of at least 4 members (excludes halogenated alkanes) is 1. The Morgan fingerprint density at radius 3 is 1.45 bits per heavy atom. The van der Waals surface area contributed by atoms with Gasteiger partial charge in [-0.15, -0.1) is 13.2 Å². The number of allylic oxidation sites excluding steroid dienone is 1. The van der Waals surface area contributed by atoms with Gasteiger partial charge < -0.3 is 43.4 Å². The van der Waals surface area contributed by atoms with Gasteiger partial charge in [-0.25, -0.2) is 0 Å². The number of hydrogen-bond donors (Lipinski definition) is 2. The molecule has 0 amide bonds. The average molecular weight is 793 g/mol. The third kappa shape index (κ3) is 13.2. The SMILES string of the molecule is C=CCCCOCC(O)COc1ccc(C(c2ccc(OCC3CCC3C)cc2)C(c2ccc(OCC(O)COCC=C)cc2)c2ccc(OCC3CO3)cc2)cc1. The third-order valence-electron chi connectivity index (χ3n) is 10.8. The molecule has 1 heterocycles. The fourth-order valence-electron chi connectivity index (χ4n) is 7.10. The fraction of sp³-hybridized carbons (Fsp3) is 0.429. The number of rotatable bonds is 27. The van der Waals surface area contributed by atoms with Crippen LogP contribution < -0.4 is 18.9 Å². The maximum Gasteiger partial charge on any atom is 0.119 e. The molecule has 310 valence electrons. The topological polar surface area (TPSA) is 108 Å². The van der Waals surface area contributed by atoms with Gasteiger partial charge in [0, 0.05) is 18.4 Å². The molecule has 9 heteroatoms. The molecule has 7 atom stereocenters. The Bertz CT molecular complexity index is 1790. The highest BCUT2D eigenvalue weighted by atomic mass is 16.6. The van der Waals surface area contributed by atoms with Gasteiger partial charge in [-0.3, -0.25) is 0 Å². The van der Waals surface area contributed by atoms with E-state index in [-0.39, 0.29) is 44.4 Å². The van der Waals surface area contributed by atoms with E-state index in [0.29, 0.717) is 43.2 Å². The van der Waals surface area contributed by atoms with Crippen molar-refractivity contribution in [1.29, 1.82) is 0 Å². The Hall–Kier alpha value is -4.64. The molecule has 9 nitrogen and oxygen atoms in total. The van der Waals surface area contributed by atoms with Crippen LogP contribution in [-0.2, 0) is 14.2 Å². The average Bonchev–Trinajstić information content (AvgIpc) is 4.09. The lowest BCUT2D eigenvalue weighted by molar-refractivity contribution is 0.0116. The molecule has 2 N–H and O–H groups in total. The van der Waals surface area contributed by atoms with Crippen molar-refractivity contribution >= 4 is 0 Å². The highest BCUT2D eigenvalue weighted by Crippen LogP contribution is 2.44. The molecule has 1 saturated carbocycles. The standard InChI is InChI=1S/C49H60O9/c1-4-6-7-27-53-30-42(51)32-56-45-22-14-37(15-23-45)48(36-10-18-43(19-11-36)54-28-40-9-8-35(40)3)49(39-16-24-46(25-17-39)57-33-47-34-58-47)38-12-20-44(21-13-38)55-31-41(50)29-52-26-5-2/h4-5,10-25,35,40-42,47-51H,1-2,6-9,26-34H2,3H3. The summed E-state index contributed by atoms with van der Waals surface area (Å²) < 4.78 is 40.6. The van der Waals surface area contributed by atoms with Crippen LogP contribution in [0.3, 0.4) is 0 Å². The molecule has 4 aromatic carbocycles. The van der Waals surface area contributed by atoms with Crippen LogP contribution in [0.25, 0.3) is 0 Å². The first kappa shape index (κ1) is 43.0. The molecular formula is C49H60O9. The summed E-state index contributed by atoms with van der Waals surface area (Å²) in [5, 5.41) is 20.8. The first-order chi connectivity index (χ1) is 28.4. The highest BCUT2D eigenvalue weighted by molar-refractivity contribution is 5.48. The third-order valence-corrected chi connectivity index (χ3v) is 10.8. The van der Waals surface area contributed by atoms with Crippen LogP contribution >= 0.6 is 0 Å². The summed E-state index contributed by atoms with van der Waals surface area (Å²) >= 11 is 0. The lowest BCUT2D eigenvalue weighted by Crippen LogP contribution is -2.28. The summed E-state index contributed by atoms with van der Waals surface area (Å²) in [4.78, 5) is 0. The van der Waals surface area contributed by atoms with Crippen LogP contribution in [0.1, 0.15) is 66.7 Å². The van der Waals surface area contributed by atoms with Gasteiger partial charge in [-0.1, -0.05) is 67.6 Å². The molecule has 58 heavy (non-hydrogen) atoms. The molecule has 1 aliphatic heterocycles. The molecule has 1 saturated heterocycles. The fourth-order valence-corrected chi connectivity index (χ4v) is 7.10. The molecule has 0 radical (unpaired) electrons. The lowest BCUT2D eigenvalue weighted by atomic mass is 9.73. The van der Waals surface area contributed by atoms with Gasteiger partial charge in [0.1, 0.15) is 61.1 Å². The zero-order valence-electron chi connectivity index (χ0n) is 33.8. The minimum atomic E-state index is -0.760. The summed E-state index contributed by atoms with van der Waals surface area (Å²) in [6.45, 7) is 13.3. The van der Waals surface area contributed by atoms with Crippen molar-refractivity contribution in [1.82, 2.24) is 0 Å². The van der Waals surface area contributed by atoms with Crippen molar-refractivity contribution in [3.05, 3.63) is 145 Å². The van der Waals surface area contributed by atoms with Crippen molar-refractivity contribution < 1.29 is 43.4 Å². The Morgan fingerprint density at radius 1 is 0.603 bits per heavy atom. The molecule has 0 spiro atoms. The van der Waals surface area contributed by atoms with Crippen LogP contribution in [0.5, 0.6) is 23.0 Å². The van der Waals surface area contributed by atoms with Gasteiger partial charge in [-0.2, -0.15) is 0 Å². The molecule has 4 aromatic rings. The van der Waals surface area contributed by atoms with Crippen LogP contribution in [0, 0.1) is 11.8 Å². The van der Waals surface area contributed by atoms with Crippen molar-refractivity contribution in [2.45, 2.75) is 62.8 Å². The minimum absolute atomic E-state index is 0.109. The van der Waals surface area contributed by atoms with Crippen molar-refractivity contribution in [2.24, 2.45) is 11.8 Å². The van der Waals surface area contributed by atoms with Gasteiger partial charge >= 0.3 is 0 Å². The quantitative estimate of drug-likeness (QED) is 0.0349. The second-order valence-electron chi connectivity index (χ2n) is 15.4. The van der Waals surface area contributed by atoms with Crippen LogP contribution in [-0.4, -0.2) is 88.0 Å². The van der Waals surface area contributed by atoms with Crippen molar-refractivity contribution in [2.75, 3.05) is 59.5 Å². The summed E-state index contributed by atoms with van der Waals surface area (Å²) in [6, 6.07) is 33.1. The first-order valence-electron chi connectivity index (χ1n) is 20.7. The Balaban J connectivity index is 1.26. The van der Waals surface area contributed by atoms with E-state index in [9.17, 15) is 10.2 Å². The zero-order chi connectivity index (χ0) is 40.5. The predicted octanol–water partition coefficient (Wildman–Crippen LogP) is 8.52. The van der Waals surface area contributed by atoms with Gasteiger partial charge in [0.15, 0.2) is 0 Å². The second-order valence-corrected chi connectivity index (χ2v) is 15.4. The zero-order valence-corrected chi connectivity index (χ0v) is 33.8. The lowest BCUT2D eigenvalue weighted by Gasteiger charge is -2.33. The monoisotopic (exact) mass is 792 g/mol. The van der Waals surface area contributed by atoms with E-state index in [1.807, 2.05) is 42.5 Å². The summed E-state index contributed by atoms with van der Waals surface area (Å²) in [7, 11) is 0. The Labute approximate surface area is 344 Å².